The Morgan fingerprint density at radius 1 is 1.00 bits per heavy atom. The van der Waals surface area contributed by atoms with Crippen LogP contribution in [0.4, 0.5) is 0 Å². The maximum atomic E-state index is 11.9. The third kappa shape index (κ3) is 2.52. The van der Waals surface area contributed by atoms with E-state index in [1.165, 1.54) is 6.07 Å². The van der Waals surface area contributed by atoms with E-state index < -0.39 is 11.8 Å². The van der Waals surface area contributed by atoms with Gasteiger partial charge in [0, 0.05) is 11.8 Å². The molecule has 130 valence electrons. The number of aromatic hydroxyl groups is 2. The molecule has 6 nitrogen and oxygen atoms in total. The first-order chi connectivity index (χ1) is 12.4. The van der Waals surface area contributed by atoms with Crippen LogP contribution in [0, 0.1) is 0 Å². The smallest absolute Gasteiger partial charge is 0.261 e. The molecule has 0 bridgehead atoms. The number of carbonyl (C=O) groups excluding carboxylic acids is 2. The van der Waals surface area contributed by atoms with Crippen molar-refractivity contribution < 1.29 is 24.9 Å². The highest BCUT2D eigenvalue weighted by atomic mass is 16.3. The van der Waals surface area contributed by atoms with E-state index in [1.54, 1.807) is 24.3 Å². The molecular weight excluding hydrogens is 334 g/mol. The van der Waals surface area contributed by atoms with Gasteiger partial charge in [-0.25, -0.2) is 0 Å². The quantitative estimate of drug-likeness (QED) is 0.468. The predicted molar refractivity (Wildman–Crippen MR) is 95.4 cm³/mol. The number of allylic oxidation sites excluding steroid dienone is 2. The molecule has 1 fully saturated rings. The Morgan fingerprint density at radius 2 is 1.73 bits per heavy atom. The predicted octanol–water partition coefficient (Wildman–Crippen LogP) is 2.82. The SMILES string of the molecule is O=C1CC2=CC(=Cc3cc(O)c(O)c4ccccc34)CC(O)=C2C(=O)N1. The number of phenolic OH excluding ortho intramolecular Hbond substituents is 2. The maximum absolute atomic E-state index is 11.9. The van der Waals surface area contributed by atoms with Crippen LogP contribution in [0.1, 0.15) is 18.4 Å². The highest BCUT2D eigenvalue weighted by molar-refractivity contribution is 6.12. The second-order valence-corrected chi connectivity index (χ2v) is 6.32. The van der Waals surface area contributed by atoms with Crippen molar-refractivity contribution in [1.82, 2.24) is 5.32 Å². The van der Waals surface area contributed by atoms with Crippen LogP contribution in [-0.4, -0.2) is 27.1 Å². The number of imide groups is 1. The van der Waals surface area contributed by atoms with E-state index in [0.717, 1.165) is 5.39 Å². The number of carbonyl (C=O) groups is 2. The first-order valence-corrected chi connectivity index (χ1v) is 8.05. The number of phenols is 2. The molecule has 0 spiro atoms. The summed E-state index contributed by atoms with van der Waals surface area (Å²) in [6.45, 7) is 0. The van der Waals surface area contributed by atoms with Crippen molar-refractivity contribution in [2.45, 2.75) is 12.8 Å². The zero-order valence-electron chi connectivity index (χ0n) is 13.6. The van der Waals surface area contributed by atoms with Crippen LogP contribution in [0.2, 0.25) is 0 Å². The summed E-state index contributed by atoms with van der Waals surface area (Å²) in [5.41, 5.74) is 1.98. The van der Waals surface area contributed by atoms with Gasteiger partial charge in [0.05, 0.1) is 12.0 Å². The summed E-state index contributed by atoms with van der Waals surface area (Å²) >= 11 is 0. The van der Waals surface area contributed by atoms with Crippen LogP contribution in [0.3, 0.4) is 0 Å². The molecule has 0 aromatic heterocycles. The first-order valence-electron chi connectivity index (χ1n) is 8.05. The van der Waals surface area contributed by atoms with Gasteiger partial charge in [-0.2, -0.15) is 0 Å². The number of hydrogen-bond acceptors (Lipinski definition) is 5. The lowest BCUT2D eigenvalue weighted by atomic mass is 9.87. The molecule has 4 rings (SSSR count). The maximum Gasteiger partial charge on any atom is 0.261 e. The van der Waals surface area contributed by atoms with Crippen molar-refractivity contribution in [3.05, 3.63) is 64.4 Å². The fourth-order valence-corrected chi connectivity index (χ4v) is 3.42. The summed E-state index contributed by atoms with van der Waals surface area (Å²) in [4.78, 5) is 23.5. The van der Waals surface area contributed by atoms with Crippen LogP contribution in [0.25, 0.3) is 16.8 Å². The van der Waals surface area contributed by atoms with E-state index in [1.807, 2.05) is 12.1 Å². The highest BCUT2D eigenvalue weighted by Crippen LogP contribution is 2.38. The van der Waals surface area contributed by atoms with Gasteiger partial charge in [-0.3, -0.25) is 14.9 Å². The molecule has 1 heterocycles. The summed E-state index contributed by atoms with van der Waals surface area (Å²) in [5, 5.41) is 33.7. The molecule has 0 radical (unpaired) electrons. The molecule has 1 aliphatic heterocycles. The van der Waals surface area contributed by atoms with Crippen molar-refractivity contribution in [1.29, 1.82) is 0 Å². The number of amides is 2. The lowest BCUT2D eigenvalue weighted by Gasteiger charge is -2.23. The molecule has 26 heavy (non-hydrogen) atoms. The van der Waals surface area contributed by atoms with E-state index in [4.69, 9.17) is 0 Å². The van der Waals surface area contributed by atoms with Crippen molar-refractivity contribution in [2.75, 3.05) is 0 Å². The van der Waals surface area contributed by atoms with Crippen molar-refractivity contribution in [3.8, 4) is 11.5 Å². The average molecular weight is 349 g/mol. The van der Waals surface area contributed by atoms with Crippen LogP contribution in [0.5, 0.6) is 11.5 Å². The van der Waals surface area contributed by atoms with Crippen LogP contribution in [-0.2, 0) is 9.59 Å². The Kier molecular flexibility index (Phi) is 3.54. The van der Waals surface area contributed by atoms with Crippen LogP contribution >= 0.6 is 0 Å². The van der Waals surface area contributed by atoms with Gasteiger partial charge < -0.3 is 15.3 Å². The molecular formula is C20H15NO5. The molecule has 2 aromatic carbocycles. The molecule has 4 N–H and O–H groups in total. The average Bonchev–Trinajstić information content (AvgIpc) is 2.58. The third-order valence-electron chi connectivity index (χ3n) is 4.54. The van der Waals surface area contributed by atoms with Gasteiger partial charge in [0.15, 0.2) is 11.5 Å². The van der Waals surface area contributed by atoms with E-state index in [2.05, 4.69) is 5.32 Å². The molecule has 6 heteroatoms. The van der Waals surface area contributed by atoms with Gasteiger partial charge in [0.2, 0.25) is 5.91 Å². The number of piperidine rings is 1. The summed E-state index contributed by atoms with van der Waals surface area (Å²) < 4.78 is 0. The standard InChI is InChI=1S/C20H15NO5/c22-15-7-10(6-12-9-17(24)21-20(26)18(12)15)5-11-8-16(23)19(25)14-4-2-1-3-13(11)14/h1-6,8,22-23,25H,7,9H2,(H,21,24,26). The monoisotopic (exact) mass is 349 g/mol. The van der Waals surface area contributed by atoms with Gasteiger partial charge >= 0.3 is 0 Å². The Bertz CT molecular complexity index is 1080. The van der Waals surface area contributed by atoms with Crippen molar-refractivity contribution in [2.24, 2.45) is 0 Å². The van der Waals surface area contributed by atoms with Crippen LogP contribution in [0.15, 0.2) is 58.9 Å². The molecule has 2 aliphatic rings. The minimum Gasteiger partial charge on any atom is -0.511 e. The summed E-state index contributed by atoms with van der Waals surface area (Å²) in [6, 6.07) is 8.53. The van der Waals surface area contributed by atoms with Gasteiger partial charge in [0.25, 0.3) is 5.91 Å². The van der Waals surface area contributed by atoms with Crippen molar-refractivity contribution in [3.63, 3.8) is 0 Å². The summed E-state index contributed by atoms with van der Waals surface area (Å²) in [6.07, 6.45) is 3.63. The number of fused-ring (bicyclic) bond motifs is 2. The second-order valence-electron chi connectivity index (χ2n) is 6.32. The van der Waals surface area contributed by atoms with E-state index >= 15 is 0 Å². The number of aliphatic hydroxyl groups is 1. The van der Waals surface area contributed by atoms with E-state index in [-0.39, 0.29) is 35.7 Å². The van der Waals surface area contributed by atoms with Gasteiger partial charge in [-0.05, 0) is 28.2 Å². The minimum atomic E-state index is -0.586. The van der Waals surface area contributed by atoms with Gasteiger partial charge in [0.1, 0.15) is 5.76 Å². The van der Waals surface area contributed by atoms with Crippen LogP contribution < -0.4 is 5.32 Å². The zero-order valence-corrected chi connectivity index (χ0v) is 13.6. The number of aliphatic hydroxyl groups excluding tert-OH is 1. The summed E-state index contributed by atoms with van der Waals surface area (Å²) in [7, 11) is 0. The second kappa shape index (κ2) is 5.77. The number of nitrogens with one attached hydrogen (secondary N) is 1. The van der Waals surface area contributed by atoms with Gasteiger partial charge in [-0.1, -0.05) is 36.4 Å². The fraction of sp³-hybridized carbons (Fsp3) is 0.100. The summed E-state index contributed by atoms with van der Waals surface area (Å²) in [5.74, 6) is -1.52. The molecule has 0 atom stereocenters. The first kappa shape index (κ1) is 16.0. The number of rotatable bonds is 1. The Balaban J connectivity index is 1.84. The minimum absolute atomic E-state index is 0.0179. The largest absolute Gasteiger partial charge is 0.511 e. The van der Waals surface area contributed by atoms with E-state index in [9.17, 15) is 24.9 Å². The lowest BCUT2D eigenvalue weighted by Crippen LogP contribution is -2.38. The number of benzene rings is 2. The molecule has 1 saturated heterocycles. The lowest BCUT2D eigenvalue weighted by molar-refractivity contribution is -0.129. The normalized spacial score (nSPS) is 18.8. The zero-order chi connectivity index (χ0) is 18.4. The van der Waals surface area contributed by atoms with E-state index in [0.29, 0.717) is 22.1 Å². The van der Waals surface area contributed by atoms with Crippen molar-refractivity contribution >= 4 is 28.7 Å². The Morgan fingerprint density at radius 3 is 2.50 bits per heavy atom. The Labute approximate surface area is 148 Å². The highest BCUT2D eigenvalue weighted by Gasteiger charge is 2.31. The molecule has 1 aliphatic carbocycles. The molecule has 2 amide bonds. The fourth-order valence-electron chi connectivity index (χ4n) is 3.42. The molecule has 2 aromatic rings. The molecule has 0 saturated carbocycles. The third-order valence-corrected chi connectivity index (χ3v) is 4.54. The number of hydrogen-bond donors (Lipinski definition) is 4. The molecule has 0 unspecified atom stereocenters. The van der Waals surface area contributed by atoms with Gasteiger partial charge in [-0.15, -0.1) is 0 Å². The topological polar surface area (TPSA) is 107 Å². The Hall–Kier alpha value is -3.54.